The molecule has 2 N–H and O–H groups in total. The summed E-state index contributed by atoms with van der Waals surface area (Å²) in [5.74, 6) is -0.482. The summed E-state index contributed by atoms with van der Waals surface area (Å²) in [6.45, 7) is 20.6. The average Bonchev–Trinajstić information content (AvgIpc) is 3.68. The van der Waals surface area contributed by atoms with Gasteiger partial charge in [-0.2, -0.15) is 0 Å². The number of nitrogens with one attached hydrogen (secondary N) is 2. The molecule has 2 aromatic rings. The first-order valence-electron chi connectivity index (χ1n) is 18.2. The Balaban J connectivity index is 0. The van der Waals surface area contributed by atoms with E-state index < -0.39 is 6.04 Å². The monoisotopic (exact) mass is 663 g/mol. The van der Waals surface area contributed by atoms with Gasteiger partial charge in [0.25, 0.3) is 0 Å². The second-order valence-corrected chi connectivity index (χ2v) is 10.4. The van der Waals surface area contributed by atoms with Crippen molar-refractivity contribution in [2.75, 3.05) is 11.4 Å². The lowest BCUT2D eigenvalue weighted by atomic mass is 10.0. The van der Waals surface area contributed by atoms with Crippen molar-refractivity contribution >= 4 is 29.3 Å². The number of nitrogens with zero attached hydrogens (tertiary/aromatic N) is 1. The van der Waals surface area contributed by atoms with Gasteiger partial charge >= 0.3 is 6.03 Å². The van der Waals surface area contributed by atoms with Crippen LogP contribution in [-0.4, -0.2) is 30.2 Å². The summed E-state index contributed by atoms with van der Waals surface area (Å²) < 4.78 is 0. The number of para-hydroxylation sites is 1. The maximum Gasteiger partial charge on any atom is 0.329 e. The van der Waals surface area contributed by atoms with Crippen LogP contribution >= 0.6 is 0 Å². The summed E-state index contributed by atoms with van der Waals surface area (Å²) in [7, 11) is 0. The molecule has 6 rings (SSSR count). The lowest BCUT2D eigenvalue weighted by molar-refractivity contribution is -0.122. The molecule has 2 aliphatic heterocycles. The van der Waals surface area contributed by atoms with Crippen LogP contribution in [-0.2, 0) is 14.4 Å². The number of benzene rings is 2. The Bertz CT molecular complexity index is 1110. The van der Waals surface area contributed by atoms with Crippen LogP contribution < -0.4 is 15.5 Å². The van der Waals surface area contributed by atoms with Crippen LogP contribution in [0.3, 0.4) is 0 Å². The predicted molar refractivity (Wildman–Crippen MR) is 204 cm³/mol. The standard InChI is InChI=1S/C10H9NO2.C9H8N2O2.2C7H12.4C2H6/c12-8-6-9(13)11-10(8)7-4-2-1-3-5-7;12-8-6-11(9(13)10-8)7-4-2-1-3-5-7;2*1-7-5-3-2-4-6-7;4*1-2/h1-5,10H,6H2,(H,11,13);1-5H,6H2,(H,10,12,13);2*5H,2-4,6H2,1H3;4*1-2H3. The molecular weight excluding hydrogens is 598 g/mol. The highest BCUT2D eigenvalue weighted by Crippen LogP contribution is 2.20. The normalized spacial score (nSPS) is 17.0. The zero-order valence-corrected chi connectivity index (χ0v) is 31.7. The molecule has 2 aliphatic carbocycles. The molecule has 2 aromatic carbocycles. The Hall–Kier alpha value is -4.00. The van der Waals surface area contributed by atoms with Gasteiger partial charge in [0.1, 0.15) is 12.6 Å². The van der Waals surface area contributed by atoms with Gasteiger partial charge in [0.2, 0.25) is 11.8 Å². The first kappa shape index (κ1) is 46.1. The lowest BCUT2D eigenvalue weighted by Gasteiger charge is -2.11. The minimum Gasteiger partial charge on any atom is -0.342 e. The van der Waals surface area contributed by atoms with E-state index in [0.29, 0.717) is 0 Å². The second-order valence-electron chi connectivity index (χ2n) is 10.4. The van der Waals surface area contributed by atoms with Crippen LogP contribution in [0.25, 0.3) is 0 Å². The zero-order valence-electron chi connectivity index (χ0n) is 31.7. The van der Waals surface area contributed by atoms with Crippen LogP contribution in [0.15, 0.2) is 84.0 Å². The van der Waals surface area contributed by atoms with Gasteiger partial charge in [-0.1, -0.05) is 127 Å². The van der Waals surface area contributed by atoms with Crippen molar-refractivity contribution in [3.05, 3.63) is 89.5 Å². The molecule has 4 aliphatic rings. The largest absolute Gasteiger partial charge is 0.342 e. The molecule has 7 nitrogen and oxygen atoms in total. The third kappa shape index (κ3) is 19.6. The number of carbonyl (C=O) groups is 4. The molecule has 1 atom stereocenters. The summed E-state index contributed by atoms with van der Waals surface area (Å²) in [5, 5.41) is 4.84. The van der Waals surface area contributed by atoms with Crippen molar-refractivity contribution < 1.29 is 19.2 Å². The Morgan fingerprint density at radius 2 is 1.06 bits per heavy atom. The van der Waals surface area contributed by atoms with Crippen molar-refractivity contribution in [3.63, 3.8) is 0 Å². The molecule has 1 unspecified atom stereocenters. The van der Waals surface area contributed by atoms with Crippen LogP contribution in [0, 0.1) is 0 Å². The number of Topliss-reactive ketones (excluding diaryl/α,β-unsaturated/α-hetero) is 1. The molecule has 0 bridgehead atoms. The Morgan fingerprint density at radius 1 is 0.604 bits per heavy atom. The number of imide groups is 1. The lowest BCUT2D eigenvalue weighted by Crippen LogP contribution is -2.27. The summed E-state index contributed by atoms with van der Waals surface area (Å²) in [4.78, 5) is 45.7. The average molecular weight is 664 g/mol. The molecule has 0 aromatic heterocycles. The fourth-order valence-electron chi connectivity index (χ4n) is 4.72. The van der Waals surface area contributed by atoms with Crippen molar-refractivity contribution in [2.45, 2.75) is 133 Å². The molecule has 4 amide bonds. The van der Waals surface area contributed by atoms with Gasteiger partial charge in [-0.05, 0) is 82.9 Å². The molecule has 2 fully saturated rings. The topological polar surface area (TPSA) is 95.6 Å². The van der Waals surface area contributed by atoms with Crippen molar-refractivity contribution in [3.8, 4) is 0 Å². The Morgan fingerprint density at radius 3 is 1.38 bits per heavy atom. The van der Waals surface area contributed by atoms with E-state index in [2.05, 4.69) is 36.6 Å². The van der Waals surface area contributed by atoms with Crippen LogP contribution in [0.4, 0.5) is 10.5 Å². The van der Waals surface area contributed by atoms with Gasteiger partial charge in [0.05, 0.1) is 6.42 Å². The third-order valence-corrected chi connectivity index (χ3v) is 6.99. The smallest absolute Gasteiger partial charge is 0.329 e. The number of hydrogen-bond donors (Lipinski definition) is 2. The molecule has 48 heavy (non-hydrogen) atoms. The summed E-state index contributed by atoms with van der Waals surface area (Å²) >= 11 is 0. The van der Waals surface area contributed by atoms with E-state index in [0.717, 1.165) is 11.3 Å². The number of rotatable bonds is 2. The van der Waals surface area contributed by atoms with Gasteiger partial charge in [-0.3, -0.25) is 24.6 Å². The van der Waals surface area contributed by atoms with E-state index in [1.54, 1.807) is 23.3 Å². The number of hydrogen-bond acceptors (Lipinski definition) is 4. The summed E-state index contributed by atoms with van der Waals surface area (Å²) in [6.07, 6.45) is 15.7. The zero-order chi connectivity index (χ0) is 36.7. The maximum absolute atomic E-state index is 11.3. The van der Waals surface area contributed by atoms with Crippen molar-refractivity contribution in [1.29, 1.82) is 0 Å². The van der Waals surface area contributed by atoms with Crippen LogP contribution in [0.2, 0.25) is 0 Å². The van der Waals surface area contributed by atoms with Gasteiger partial charge in [0, 0.05) is 5.69 Å². The number of allylic oxidation sites excluding steroid dienone is 4. The molecule has 268 valence electrons. The Labute approximate surface area is 292 Å². The van der Waals surface area contributed by atoms with Gasteiger partial charge in [-0.15, -0.1) is 0 Å². The highest BCUT2D eigenvalue weighted by Gasteiger charge is 2.30. The van der Waals surface area contributed by atoms with Crippen LogP contribution in [0.1, 0.15) is 139 Å². The van der Waals surface area contributed by atoms with E-state index in [9.17, 15) is 19.2 Å². The molecular formula is C41H65N3O4. The number of urea groups is 1. The Kier molecular flexibility index (Phi) is 29.2. The number of carbonyl (C=O) groups excluding carboxylic acids is 4. The van der Waals surface area contributed by atoms with E-state index in [1.165, 1.54) is 56.3 Å². The first-order chi connectivity index (χ1) is 23.3. The quantitative estimate of drug-likeness (QED) is 0.190. The van der Waals surface area contributed by atoms with E-state index >= 15 is 0 Å². The molecule has 0 saturated carbocycles. The highest BCUT2D eigenvalue weighted by atomic mass is 16.2. The van der Waals surface area contributed by atoms with E-state index in [-0.39, 0.29) is 36.6 Å². The van der Waals surface area contributed by atoms with E-state index in [1.807, 2.05) is 104 Å². The van der Waals surface area contributed by atoms with Crippen molar-refractivity contribution in [1.82, 2.24) is 10.6 Å². The predicted octanol–water partition coefficient (Wildman–Crippen LogP) is 10.7. The molecule has 2 saturated heterocycles. The summed E-state index contributed by atoms with van der Waals surface area (Å²) in [6, 6.07) is 17.6. The molecule has 7 heteroatoms. The second kappa shape index (κ2) is 30.3. The van der Waals surface area contributed by atoms with Gasteiger partial charge in [0.15, 0.2) is 5.78 Å². The molecule has 2 heterocycles. The number of anilines is 1. The maximum atomic E-state index is 11.3. The summed E-state index contributed by atoms with van der Waals surface area (Å²) in [5.41, 5.74) is 4.78. The van der Waals surface area contributed by atoms with Crippen LogP contribution in [0.5, 0.6) is 0 Å². The minimum absolute atomic E-state index is 0.0135. The minimum atomic E-state index is -0.423. The SMILES string of the molecule is CC.CC.CC.CC.CC1=CCCCC1.CC1=CCCCC1.O=C1CC(=O)C(c2ccccc2)N1.O=C1CN(c2ccccc2)C(=O)N1. The number of ketones is 1. The fraction of sp³-hybridized carbons (Fsp3) is 0.512. The van der Waals surface area contributed by atoms with Crippen molar-refractivity contribution in [2.24, 2.45) is 0 Å². The molecule has 0 spiro atoms. The number of amides is 4. The highest BCUT2D eigenvalue weighted by molar-refractivity contribution is 6.12. The van der Waals surface area contributed by atoms with Gasteiger partial charge < -0.3 is 5.32 Å². The van der Waals surface area contributed by atoms with Gasteiger partial charge in [-0.25, -0.2) is 4.79 Å². The third-order valence-electron chi connectivity index (χ3n) is 6.99. The first-order valence-corrected chi connectivity index (χ1v) is 18.2. The fourth-order valence-corrected chi connectivity index (χ4v) is 4.72. The molecule has 0 radical (unpaired) electrons. The van der Waals surface area contributed by atoms with E-state index in [4.69, 9.17) is 0 Å².